The zero-order chi connectivity index (χ0) is 15.2. The lowest BCUT2D eigenvalue weighted by Gasteiger charge is -2.17. The summed E-state index contributed by atoms with van der Waals surface area (Å²) in [6, 6.07) is 5.85. The number of carbonyl (C=O) groups excluding carboxylic acids is 1. The number of hydrogen-bond acceptors (Lipinski definition) is 3. The number of amides is 1. The topological polar surface area (TPSA) is 59.8 Å². The van der Waals surface area contributed by atoms with Crippen LogP contribution in [0.2, 0.25) is 0 Å². The number of rotatable bonds is 5. The molecule has 1 aliphatic carbocycles. The Kier molecular flexibility index (Phi) is 4.63. The van der Waals surface area contributed by atoms with Crippen LogP contribution in [0, 0.1) is 5.92 Å². The first-order valence-electron chi connectivity index (χ1n) is 7.69. The molecule has 0 saturated carbocycles. The predicted molar refractivity (Wildman–Crippen MR) is 84.9 cm³/mol. The van der Waals surface area contributed by atoms with Crippen molar-refractivity contribution < 1.29 is 4.79 Å². The molecule has 0 radical (unpaired) electrons. The molecule has 0 spiro atoms. The van der Waals surface area contributed by atoms with Crippen LogP contribution in [0.25, 0.3) is 11.3 Å². The zero-order valence-electron chi connectivity index (χ0n) is 12.5. The Hall–Kier alpha value is -2.43. The van der Waals surface area contributed by atoms with Gasteiger partial charge in [-0.25, -0.2) is 0 Å². The number of nitrogens with one attached hydrogen (secondary N) is 1. The standard InChI is InChI=1S/C17H20N4O/c22-17(15-4-2-1-3-5-15)19-11-13-21-12-8-16(20-21)14-6-9-18-10-7-14/h1-2,6-10,12,15H,3-5,11,13H2,(H,19,22)/t15-/m1/s1. The third-order valence-corrected chi connectivity index (χ3v) is 3.90. The highest BCUT2D eigenvalue weighted by Gasteiger charge is 2.17. The minimum Gasteiger partial charge on any atom is -0.354 e. The van der Waals surface area contributed by atoms with Crippen LogP contribution in [-0.4, -0.2) is 27.2 Å². The molecule has 0 fully saturated rings. The average molecular weight is 296 g/mol. The molecule has 3 rings (SSSR count). The van der Waals surface area contributed by atoms with Gasteiger partial charge in [0.05, 0.1) is 12.2 Å². The van der Waals surface area contributed by atoms with E-state index in [2.05, 4.69) is 27.6 Å². The fraction of sp³-hybridized carbons (Fsp3) is 0.353. The van der Waals surface area contributed by atoms with Gasteiger partial charge >= 0.3 is 0 Å². The number of allylic oxidation sites excluding steroid dienone is 2. The van der Waals surface area contributed by atoms with Crippen LogP contribution in [0.4, 0.5) is 0 Å². The maximum atomic E-state index is 12.0. The SMILES string of the molecule is O=C(NCCn1ccc(-c2ccncc2)n1)[C@@H]1CC=CCC1. The fourth-order valence-electron chi connectivity index (χ4n) is 2.63. The number of pyridine rings is 1. The monoisotopic (exact) mass is 296 g/mol. The summed E-state index contributed by atoms with van der Waals surface area (Å²) in [5.41, 5.74) is 1.97. The van der Waals surface area contributed by atoms with Gasteiger partial charge in [0.15, 0.2) is 0 Å². The van der Waals surface area contributed by atoms with Gasteiger partial charge < -0.3 is 5.32 Å². The third-order valence-electron chi connectivity index (χ3n) is 3.90. The molecule has 2 aromatic heterocycles. The molecule has 1 atom stereocenters. The van der Waals surface area contributed by atoms with E-state index in [1.807, 2.05) is 29.1 Å². The van der Waals surface area contributed by atoms with Crippen LogP contribution < -0.4 is 5.32 Å². The van der Waals surface area contributed by atoms with Crippen LogP contribution in [0.3, 0.4) is 0 Å². The predicted octanol–water partition coefficient (Wildman–Crippen LogP) is 2.42. The smallest absolute Gasteiger partial charge is 0.223 e. The summed E-state index contributed by atoms with van der Waals surface area (Å²) in [6.45, 7) is 1.29. The average Bonchev–Trinajstić information content (AvgIpc) is 3.05. The minimum absolute atomic E-state index is 0.134. The lowest BCUT2D eigenvalue weighted by molar-refractivity contribution is -0.125. The second-order valence-electron chi connectivity index (χ2n) is 5.47. The Labute approximate surface area is 130 Å². The number of carbonyl (C=O) groups is 1. The molecule has 2 heterocycles. The van der Waals surface area contributed by atoms with Crippen LogP contribution in [0.15, 0.2) is 48.9 Å². The van der Waals surface area contributed by atoms with Gasteiger partial charge in [0, 0.05) is 36.6 Å². The van der Waals surface area contributed by atoms with Crippen molar-refractivity contribution in [3.63, 3.8) is 0 Å². The molecular formula is C17H20N4O. The van der Waals surface area contributed by atoms with Gasteiger partial charge in [-0.05, 0) is 37.5 Å². The first-order valence-corrected chi connectivity index (χ1v) is 7.69. The van der Waals surface area contributed by atoms with E-state index in [0.29, 0.717) is 13.1 Å². The second-order valence-corrected chi connectivity index (χ2v) is 5.47. The molecule has 22 heavy (non-hydrogen) atoms. The van der Waals surface area contributed by atoms with Crippen LogP contribution in [-0.2, 0) is 11.3 Å². The van der Waals surface area contributed by atoms with E-state index in [9.17, 15) is 4.79 Å². The van der Waals surface area contributed by atoms with Crippen LogP contribution in [0.1, 0.15) is 19.3 Å². The van der Waals surface area contributed by atoms with Crippen molar-refractivity contribution in [3.8, 4) is 11.3 Å². The Morgan fingerprint density at radius 2 is 2.14 bits per heavy atom. The van der Waals surface area contributed by atoms with Crippen molar-refractivity contribution in [1.29, 1.82) is 0 Å². The van der Waals surface area contributed by atoms with Gasteiger partial charge in [-0.3, -0.25) is 14.5 Å². The molecule has 114 valence electrons. The van der Waals surface area contributed by atoms with Gasteiger partial charge in [-0.2, -0.15) is 5.10 Å². The van der Waals surface area contributed by atoms with E-state index in [4.69, 9.17) is 0 Å². The van der Waals surface area contributed by atoms with Gasteiger partial charge in [0.1, 0.15) is 0 Å². The molecule has 1 aliphatic rings. The van der Waals surface area contributed by atoms with E-state index >= 15 is 0 Å². The molecule has 5 heteroatoms. The van der Waals surface area contributed by atoms with Crippen molar-refractivity contribution in [2.45, 2.75) is 25.8 Å². The van der Waals surface area contributed by atoms with Gasteiger partial charge in [0.2, 0.25) is 5.91 Å². The normalized spacial score (nSPS) is 17.4. The van der Waals surface area contributed by atoms with Crippen molar-refractivity contribution in [3.05, 3.63) is 48.9 Å². The van der Waals surface area contributed by atoms with Gasteiger partial charge in [-0.15, -0.1) is 0 Å². The summed E-state index contributed by atoms with van der Waals surface area (Å²) < 4.78 is 1.86. The van der Waals surface area contributed by atoms with Crippen LogP contribution in [0.5, 0.6) is 0 Å². The molecule has 0 aromatic carbocycles. The molecule has 0 aliphatic heterocycles. The minimum atomic E-state index is 0.134. The summed E-state index contributed by atoms with van der Waals surface area (Å²) in [6.07, 6.45) is 12.5. The Morgan fingerprint density at radius 3 is 2.91 bits per heavy atom. The largest absolute Gasteiger partial charge is 0.354 e. The molecule has 1 amide bonds. The summed E-state index contributed by atoms with van der Waals surface area (Å²) in [5.74, 6) is 0.292. The fourth-order valence-corrected chi connectivity index (χ4v) is 2.63. The Bertz CT molecular complexity index is 648. The maximum absolute atomic E-state index is 12.0. The molecule has 1 N–H and O–H groups in total. The Balaban J connectivity index is 1.49. The Morgan fingerprint density at radius 1 is 1.27 bits per heavy atom. The third kappa shape index (κ3) is 3.61. The summed E-state index contributed by atoms with van der Waals surface area (Å²) in [4.78, 5) is 16.0. The molecule has 0 bridgehead atoms. The van der Waals surface area contributed by atoms with Crippen molar-refractivity contribution >= 4 is 5.91 Å². The number of aromatic nitrogens is 3. The molecule has 2 aromatic rings. The van der Waals surface area contributed by atoms with Gasteiger partial charge in [0.25, 0.3) is 0 Å². The van der Waals surface area contributed by atoms with E-state index < -0.39 is 0 Å². The molecular weight excluding hydrogens is 276 g/mol. The van der Waals surface area contributed by atoms with Crippen molar-refractivity contribution in [2.24, 2.45) is 5.92 Å². The quantitative estimate of drug-likeness (QED) is 0.862. The number of nitrogens with zero attached hydrogens (tertiary/aromatic N) is 3. The maximum Gasteiger partial charge on any atom is 0.223 e. The van der Waals surface area contributed by atoms with Crippen molar-refractivity contribution in [2.75, 3.05) is 6.54 Å². The molecule has 0 saturated heterocycles. The van der Waals surface area contributed by atoms with E-state index in [-0.39, 0.29) is 11.8 Å². The lowest BCUT2D eigenvalue weighted by atomic mass is 9.94. The highest BCUT2D eigenvalue weighted by atomic mass is 16.1. The highest BCUT2D eigenvalue weighted by Crippen LogP contribution is 2.18. The molecule has 5 nitrogen and oxygen atoms in total. The van der Waals surface area contributed by atoms with E-state index in [1.54, 1.807) is 12.4 Å². The summed E-state index contributed by atoms with van der Waals surface area (Å²) in [7, 11) is 0. The van der Waals surface area contributed by atoms with Crippen molar-refractivity contribution in [1.82, 2.24) is 20.1 Å². The second kappa shape index (κ2) is 7.02. The molecule has 0 unspecified atom stereocenters. The zero-order valence-corrected chi connectivity index (χ0v) is 12.5. The van der Waals surface area contributed by atoms with Gasteiger partial charge in [-0.1, -0.05) is 12.2 Å². The first-order chi connectivity index (χ1) is 10.8. The van der Waals surface area contributed by atoms with E-state index in [1.165, 1.54) is 0 Å². The lowest BCUT2D eigenvalue weighted by Crippen LogP contribution is -2.33. The van der Waals surface area contributed by atoms with Crippen LogP contribution >= 0.6 is 0 Å². The summed E-state index contributed by atoms with van der Waals surface area (Å²) in [5, 5.41) is 7.52. The summed E-state index contributed by atoms with van der Waals surface area (Å²) >= 11 is 0. The first kappa shape index (κ1) is 14.5. The van der Waals surface area contributed by atoms with E-state index in [0.717, 1.165) is 30.5 Å². The highest BCUT2D eigenvalue weighted by molar-refractivity contribution is 5.78. The number of hydrogen-bond donors (Lipinski definition) is 1.